The first kappa shape index (κ1) is 22.4. The van der Waals surface area contributed by atoms with Crippen LogP contribution in [-0.4, -0.2) is 30.9 Å². The highest BCUT2D eigenvalue weighted by atomic mass is 79.9. The van der Waals surface area contributed by atoms with Crippen molar-refractivity contribution in [1.82, 2.24) is 25.0 Å². The molecule has 2 heterocycles. The van der Waals surface area contributed by atoms with Gasteiger partial charge < -0.3 is 5.32 Å². The molecule has 1 N–H and O–H groups in total. The maximum Gasteiger partial charge on any atom is 0.278 e. The molecule has 0 fully saturated rings. The van der Waals surface area contributed by atoms with Gasteiger partial charge in [-0.05, 0) is 68.4 Å². The largest absolute Gasteiger partial charge is 0.321 e. The van der Waals surface area contributed by atoms with E-state index in [4.69, 9.17) is 11.6 Å². The number of halogens is 2. The Morgan fingerprint density at radius 2 is 1.72 bits per heavy atom. The molecular weight excluding hydrogens is 512 g/mol. The highest BCUT2D eigenvalue weighted by Crippen LogP contribution is 2.25. The minimum atomic E-state index is -0.354. The van der Waals surface area contributed by atoms with Crippen molar-refractivity contribution in [1.29, 1.82) is 0 Å². The summed E-state index contributed by atoms with van der Waals surface area (Å²) in [5.74, 6) is 0.0580. The molecule has 0 aliphatic carbocycles. The van der Waals surface area contributed by atoms with E-state index in [9.17, 15) is 4.79 Å². The van der Waals surface area contributed by atoms with Crippen LogP contribution in [0.3, 0.4) is 0 Å². The third kappa shape index (κ3) is 5.35. The number of nitrogens with one attached hydrogen (secondary N) is 1. The van der Waals surface area contributed by atoms with E-state index in [1.165, 1.54) is 11.8 Å². The number of hydrogen-bond donors (Lipinski definition) is 1. The maximum atomic E-state index is 13.0. The summed E-state index contributed by atoms with van der Waals surface area (Å²) in [5.41, 5.74) is 4.07. The zero-order chi connectivity index (χ0) is 22.7. The first-order chi connectivity index (χ1) is 15.4. The van der Waals surface area contributed by atoms with E-state index in [1.807, 2.05) is 44.2 Å². The van der Waals surface area contributed by atoms with Crippen LogP contribution in [0.4, 0.5) is 5.69 Å². The van der Waals surface area contributed by atoms with Crippen molar-refractivity contribution in [3.63, 3.8) is 0 Å². The van der Waals surface area contributed by atoms with Gasteiger partial charge in [-0.15, -0.1) is 5.10 Å². The molecule has 0 saturated heterocycles. The Labute approximate surface area is 202 Å². The molecule has 0 spiro atoms. The number of carbonyl (C=O) groups is 1. The first-order valence-corrected chi connectivity index (χ1v) is 11.8. The Hall–Kier alpha value is -2.75. The van der Waals surface area contributed by atoms with Crippen LogP contribution in [0, 0.1) is 13.8 Å². The summed E-state index contributed by atoms with van der Waals surface area (Å²) in [5, 5.41) is 12.5. The van der Waals surface area contributed by atoms with Crippen molar-refractivity contribution in [3.05, 3.63) is 86.9 Å². The zero-order valence-electron chi connectivity index (χ0n) is 17.2. The highest BCUT2D eigenvalue weighted by molar-refractivity contribution is 9.10. The predicted molar refractivity (Wildman–Crippen MR) is 130 cm³/mol. The molecule has 2 aromatic heterocycles. The fraction of sp³-hybridized carbons (Fsp3) is 0.136. The molecule has 32 heavy (non-hydrogen) atoms. The zero-order valence-corrected chi connectivity index (χ0v) is 20.4. The highest BCUT2D eigenvalue weighted by Gasteiger charge is 2.21. The van der Waals surface area contributed by atoms with Gasteiger partial charge in [-0.2, -0.15) is 0 Å². The molecular formula is C22H18BrClN6OS. The van der Waals surface area contributed by atoms with Gasteiger partial charge in [0.05, 0.1) is 11.4 Å². The molecule has 0 saturated carbocycles. The summed E-state index contributed by atoms with van der Waals surface area (Å²) in [6.45, 7) is 3.86. The van der Waals surface area contributed by atoms with Crippen molar-refractivity contribution in [2.45, 2.75) is 24.8 Å². The summed E-state index contributed by atoms with van der Waals surface area (Å²) in [6.07, 6.45) is 0. The van der Waals surface area contributed by atoms with Crippen LogP contribution in [0.15, 0.2) is 64.2 Å². The van der Waals surface area contributed by atoms with E-state index < -0.39 is 0 Å². The van der Waals surface area contributed by atoms with Gasteiger partial charge >= 0.3 is 0 Å². The van der Waals surface area contributed by atoms with E-state index in [1.54, 1.807) is 28.9 Å². The number of thioether (sulfide) groups is 1. The average Bonchev–Trinajstić information content (AvgIpc) is 3.18. The van der Waals surface area contributed by atoms with Gasteiger partial charge in [0, 0.05) is 32.3 Å². The Bertz CT molecular complexity index is 1240. The van der Waals surface area contributed by atoms with Crippen molar-refractivity contribution in [3.8, 4) is 5.69 Å². The fourth-order valence-electron chi connectivity index (χ4n) is 3.01. The van der Waals surface area contributed by atoms with Crippen LogP contribution in [-0.2, 0) is 5.75 Å². The van der Waals surface area contributed by atoms with Gasteiger partial charge in [0.1, 0.15) is 0 Å². The molecule has 0 unspecified atom stereocenters. The van der Waals surface area contributed by atoms with Gasteiger partial charge in [0.2, 0.25) is 0 Å². The molecule has 0 radical (unpaired) electrons. The summed E-state index contributed by atoms with van der Waals surface area (Å²) >= 11 is 10.8. The number of benzene rings is 2. The molecule has 4 rings (SSSR count). The van der Waals surface area contributed by atoms with Gasteiger partial charge in [0.25, 0.3) is 5.91 Å². The van der Waals surface area contributed by atoms with E-state index in [0.717, 1.165) is 21.5 Å². The topological polar surface area (TPSA) is 85.6 Å². The van der Waals surface area contributed by atoms with Gasteiger partial charge in [-0.3, -0.25) is 4.79 Å². The van der Waals surface area contributed by atoms with Gasteiger partial charge in [-0.25, -0.2) is 14.6 Å². The summed E-state index contributed by atoms with van der Waals surface area (Å²) in [7, 11) is 0. The third-order valence-corrected chi connectivity index (χ3v) is 6.09. The number of aryl methyl sites for hydroxylation is 2. The SMILES string of the molecule is Cc1cc(C)nc(SCc2c(C(=O)Nc3ccc(Cl)cc3)nnn2-c2ccc(Br)cc2)n1. The number of anilines is 1. The molecule has 0 aliphatic rings. The normalized spacial score (nSPS) is 10.9. The third-order valence-electron chi connectivity index (χ3n) is 4.45. The second kappa shape index (κ2) is 9.81. The summed E-state index contributed by atoms with van der Waals surface area (Å²) in [6, 6.07) is 16.4. The fourth-order valence-corrected chi connectivity index (χ4v) is 4.34. The second-order valence-electron chi connectivity index (χ2n) is 6.96. The number of amides is 1. The number of nitrogens with zero attached hydrogens (tertiary/aromatic N) is 5. The maximum absolute atomic E-state index is 13.0. The van der Waals surface area contributed by atoms with Gasteiger partial charge in [0.15, 0.2) is 10.9 Å². The summed E-state index contributed by atoms with van der Waals surface area (Å²) in [4.78, 5) is 22.0. The monoisotopic (exact) mass is 528 g/mol. The van der Waals surface area contributed by atoms with Crippen LogP contribution >= 0.6 is 39.3 Å². The minimum absolute atomic E-state index is 0.236. The van der Waals surface area contributed by atoms with Crippen LogP contribution in [0.1, 0.15) is 27.6 Å². The molecule has 162 valence electrons. The lowest BCUT2D eigenvalue weighted by Crippen LogP contribution is -2.15. The average molecular weight is 530 g/mol. The van der Waals surface area contributed by atoms with E-state index in [2.05, 4.69) is 41.5 Å². The molecule has 0 bridgehead atoms. The Morgan fingerprint density at radius 3 is 2.38 bits per heavy atom. The van der Waals surface area contributed by atoms with Crippen LogP contribution in [0.25, 0.3) is 5.69 Å². The van der Waals surface area contributed by atoms with E-state index in [-0.39, 0.29) is 11.6 Å². The lowest BCUT2D eigenvalue weighted by atomic mass is 10.2. The van der Waals surface area contributed by atoms with Crippen molar-refractivity contribution >= 4 is 50.9 Å². The van der Waals surface area contributed by atoms with Gasteiger partial charge in [-0.1, -0.05) is 44.5 Å². The molecule has 10 heteroatoms. The van der Waals surface area contributed by atoms with Crippen LogP contribution in [0.2, 0.25) is 5.02 Å². The molecule has 0 aliphatic heterocycles. The number of carbonyl (C=O) groups excluding carboxylic acids is 1. The molecule has 2 aromatic carbocycles. The van der Waals surface area contributed by atoms with Crippen molar-refractivity contribution < 1.29 is 4.79 Å². The Balaban J connectivity index is 1.66. The van der Waals surface area contributed by atoms with E-state index >= 15 is 0 Å². The van der Waals surface area contributed by atoms with Crippen LogP contribution < -0.4 is 5.32 Å². The molecule has 4 aromatic rings. The quantitative estimate of drug-likeness (QED) is 0.257. The Kier molecular flexibility index (Phi) is 6.88. The van der Waals surface area contributed by atoms with Crippen molar-refractivity contribution in [2.75, 3.05) is 5.32 Å². The predicted octanol–water partition coefficient (Wildman–Crippen LogP) is 5.63. The van der Waals surface area contributed by atoms with Crippen molar-refractivity contribution in [2.24, 2.45) is 0 Å². The lowest BCUT2D eigenvalue weighted by molar-refractivity contribution is 0.102. The number of aromatic nitrogens is 5. The minimum Gasteiger partial charge on any atom is -0.321 e. The van der Waals surface area contributed by atoms with Crippen LogP contribution in [0.5, 0.6) is 0 Å². The number of hydrogen-bond acceptors (Lipinski definition) is 6. The molecule has 7 nitrogen and oxygen atoms in total. The Morgan fingerprint density at radius 1 is 1.06 bits per heavy atom. The first-order valence-electron chi connectivity index (χ1n) is 9.61. The smallest absolute Gasteiger partial charge is 0.278 e. The molecule has 1 amide bonds. The second-order valence-corrected chi connectivity index (χ2v) is 9.25. The standard InChI is InChI=1S/C22H18BrClN6OS/c1-13-11-14(2)26-22(25-13)32-12-19-20(21(31)27-17-7-5-16(24)6-8-17)28-29-30(19)18-9-3-15(23)4-10-18/h3-11H,12H2,1-2H3,(H,27,31). The molecule has 0 atom stereocenters. The summed E-state index contributed by atoms with van der Waals surface area (Å²) < 4.78 is 2.61. The number of rotatable bonds is 6. The van der Waals surface area contributed by atoms with E-state index in [0.29, 0.717) is 27.3 Å². The lowest BCUT2D eigenvalue weighted by Gasteiger charge is -2.09.